The Hall–Kier alpha value is -0.910. The molecule has 0 aliphatic heterocycles. The Morgan fingerprint density at radius 3 is 1.75 bits per heavy atom. The minimum atomic E-state index is -0.827. The van der Waals surface area contributed by atoms with Crippen molar-refractivity contribution in [3.63, 3.8) is 0 Å². The number of carboxylic acids is 1. The average molecular weight is 743 g/mol. The lowest BCUT2D eigenvalue weighted by molar-refractivity contribution is -0.285. The van der Waals surface area contributed by atoms with E-state index in [1.54, 1.807) is 0 Å². The van der Waals surface area contributed by atoms with Crippen LogP contribution in [0.4, 0.5) is 0 Å². The summed E-state index contributed by atoms with van der Waals surface area (Å²) in [6, 6.07) is 0. The van der Waals surface area contributed by atoms with E-state index in [0.717, 1.165) is 64.2 Å². The Labute approximate surface area is 327 Å². The third kappa shape index (κ3) is 9.63. The Kier molecular flexibility index (Phi) is 15.7. The monoisotopic (exact) mass is 743 g/mol. The first-order valence-corrected chi connectivity index (χ1v) is 22.8. The summed E-state index contributed by atoms with van der Waals surface area (Å²) in [5.74, 6) is 0.938. The summed E-state index contributed by atoms with van der Waals surface area (Å²) in [7, 11) is 0. The molecule has 0 unspecified atom stereocenters. The maximum Gasteiger partial charge on any atom is 0.303 e. The summed E-state index contributed by atoms with van der Waals surface area (Å²) in [6.45, 7) is 18.7. The molecule has 0 heterocycles. The van der Waals surface area contributed by atoms with E-state index in [0.29, 0.717) is 36.5 Å². The first-order valence-electron chi connectivity index (χ1n) is 22.8. The van der Waals surface area contributed by atoms with Crippen LogP contribution in [0.5, 0.6) is 0 Å². The van der Waals surface area contributed by atoms with Crippen LogP contribution in [-0.4, -0.2) is 43.7 Å². The van der Waals surface area contributed by atoms with Crippen LogP contribution in [0, 0.1) is 45.3 Å². The molecule has 0 aromatic rings. The van der Waals surface area contributed by atoms with Crippen molar-refractivity contribution in [2.45, 2.75) is 240 Å². The van der Waals surface area contributed by atoms with E-state index >= 15 is 0 Å². The zero-order chi connectivity index (χ0) is 39.1. The fourth-order valence-corrected chi connectivity index (χ4v) is 13.8. The van der Waals surface area contributed by atoms with Gasteiger partial charge in [-0.3, -0.25) is 4.79 Å². The van der Waals surface area contributed by atoms with E-state index in [2.05, 4.69) is 61.5 Å². The SMILES string of the molecule is CC(C)=CCC[C@](C)(O)[C@H]1CC[C@]2(C)[C@@H]1CC[C@@H]1[C@@]3(C)[C@H](O)C[C@@](O)(CCCCCCCCCCCCCCCCCC(=O)O)C(C)(C)[C@@H]3CC[C@]12C. The highest BCUT2D eigenvalue weighted by Gasteiger charge is 2.72. The van der Waals surface area contributed by atoms with E-state index in [-0.39, 0.29) is 21.7 Å². The van der Waals surface area contributed by atoms with Crippen molar-refractivity contribution in [1.29, 1.82) is 0 Å². The van der Waals surface area contributed by atoms with Gasteiger partial charge in [0.25, 0.3) is 0 Å². The first-order chi connectivity index (χ1) is 24.9. The number of allylic oxidation sites excluding steroid dienone is 2. The molecule has 5 nitrogen and oxygen atoms in total. The molecule has 10 atom stereocenters. The van der Waals surface area contributed by atoms with Gasteiger partial charge in [0.1, 0.15) is 0 Å². The van der Waals surface area contributed by atoms with E-state index in [4.69, 9.17) is 5.11 Å². The van der Waals surface area contributed by atoms with Crippen molar-refractivity contribution in [3.05, 3.63) is 11.6 Å². The quantitative estimate of drug-likeness (QED) is 0.0654. The number of rotatable bonds is 22. The van der Waals surface area contributed by atoms with Crippen molar-refractivity contribution in [3.8, 4) is 0 Å². The predicted octanol–water partition coefficient (Wildman–Crippen LogP) is 12.6. The second-order valence-corrected chi connectivity index (χ2v) is 21.0. The highest BCUT2D eigenvalue weighted by atomic mass is 16.4. The van der Waals surface area contributed by atoms with E-state index in [9.17, 15) is 20.1 Å². The largest absolute Gasteiger partial charge is 0.481 e. The Morgan fingerprint density at radius 1 is 0.717 bits per heavy atom. The molecule has 5 heteroatoms. The maximum absolute atomic E-state index is 12.4. The van der Waals surface area contributed by atoms with Gasteiger partial charge in [-0.25, -0.2) is 0 Å². The third-order valence-electron chi connectivity index (χ3n) is 17.4. The fraction of sp³-hybridized carbons (Fsp3) is 0.938. The van der Waals surface area contributed by atoms with Crippen LogP contribution in [0.3, 0.4) is 0 Å². The highest BCUT2D eigenvalue weighted by Crippen LogP contribution is 2.76. The number of unbranched alkanes of at least 4 members (excludes halogenated alkanes) is 14. The molecular formula is C48H86O5. The van der Waals surface area contributed by atoms with Gasteiger partial charge < -0.3 is 20.4 Å². The summed E-state index contributed by atoms with van der Waals surface area (Å²) < 4.78 is 0. The van der Waals surface area contributed by atoms with Gasteiger partial charge in [0.05, 0.1) is 17.3 Å². The van der Waals surface area contributed by atoms with Gasteiger partial charge in [-0.15, -0.1) is 0 Å². The standard InChI is InChI=1S/C48H86O5/c1-36(2)25-24-31-46(7,52)38-29-33-44(5)37(38)27-28-40-45(44,6)34-30-39-43(3,4)48(53,35-41(49)47(39,40)8)32-23-21-19-17-15-13-11-9-10-12-14-16-18-20-22-26-42(50)51/h25,37-41,49,52-53H,9-24,26-35H2,1-8H3,(H,50,51)/t37-,38+,39+,40+,41-,44-,45-,46+,47+,48+/m1/s1. The van der Waals surface area contributed by atoms with E-state index < -0.39 is 23.3 Å². The molecule has 4 aliphatic carbocycles. The molecule has 4 aliphatic rings. The number of aliphatic hydroxyl groups excluding tert-OH is 1. The smallest absolute Gasteiger partial charge is 0.303 e. The number of hydrogen-bond acceptors (Lipinski definition) is 4. The van der Waals surface area contributed by atoms with Gasteiger partial charge in [-0.1, -0.05) is 136 Å². The summed E-state index contributed by atoms with van der Waals surface area (Å²) in [4.78, 5) is 10.6. The molecule has 308 valence electrons. The van der Waals surface area contributed by atoms with Crippen LogP contribution in [0.2, 0.25) is 0 Å². The first kappa shape index (κ1) is 44.8. The highest BCUT2D eigenvalue weighted by molar-refractivity contribution is 5.66. The minimum Gasteiger partial charge on any atom is -0.481 e. The van der Waals surface area contributed by atoms with Crippen molar-refractivity contribution >= 4 is 5.97 Å². The van der Waals surface area contributed by atoms with Gasteiger partial charge in [-0.05, 0) is 125 Å². The molecule has 0 amide bonds. The molecule has 0 aromatic carbocycles. The molecule has 4 fully saturated rings. The molecular weight excluding hydrogens is 657 g/mol. The molecule has 53 heavy (non-hydrogen) atoms. The predicted molar refractivity (Wildman–Crippen MR) is 221 cm³/mol. The van der Waals surface area contributed by atoms with Crippen molar-refractivity contribution < 1.29 is 25.2 Å². The molecule has 4 N–H and O–H groups in total. The molecule has 0 aromatic heterocycles. The second kappa shape index (κ2) is 18.6. The lowest BCUT2D eigenvalue weighted by Crippen LogP contribution is -2.70. The maximum atomic E-state index is 12.4. The number of carboxylic acid groups (broad SMARTS) is 1. The lowest BCUT2D eigenvalue weighted by atomic mass is 9.33. The van der Waals surface area contributed by atoms with Crippen LogP contribution in [-0.2, 0) is 4.79 Å². The van der Waals surface area contributed by atoms with Crippen LogP contribution in [0.25, 0.3) is 0 Å². The summed E-state index contributed by atoms with van der Waals surface area (Å²) in [5, 5.41) is 45.3. The zero-order valence-corrected chi connectivity index (χ0v) is 36.0. The summed E-state index contributed by atoms with van der Waals surface area (Å²) in [6.07, 6.45) is 30.3. The van der Waals surface area contributed by atoms with Crippen LogP contribution >= 0.6 is 0 Å². The van der Waals surface area contributed by atoms with Crippen LogP contribution in [0.15, 0.2) is 11.6 Å². The summed E-state index contributed by atoms with van der Waals surface area (Å²) >= 11 is 0. The van der Waals surface area contributed by atoms with Gasteiger partial charge >= 0.3 is 5.97 Å². The minimum absolute atomic E-state index is 0.129. The van der Waals surface area contributed by atoms with Crippen molar-refractivity contribution in [2.24, 2.45) is 45.3 Å². The molecule has 0 spiro atoms. The number of aliphatic carboxylic acids is 1. The third-order valence-corrected chi connectivity index (χ3v) is 17.4. The van der Waals surface area contributed by atoms with Gasteiger partial charge in [-0.2, -0.15) is 0 Å². The molecule has 4 rings (SSSR count). The topological polar surface area (TPSA) is 98.0 Å². The van der Waals surface area contributed by atoms with Crippen molar-refractivity contribution in [2.75, 3.05) is 0 Å². The molecule has 0 bridgehead atoms. The number of fused-ring (bicyclic) bond motifs is 5. The Balaban J connectivity index is 1.22. The van der Waals surface area contributed by atoms with Gasteiger partial charge in [0.2, 0.25) is 0 Å². The molecule has 4 saturated carbocycles. The number of hydrogen-bond donors (Lipinski definition) is 4. The van der Waals surface area contributed by atoms with Gasteiger partial charge in [0, 0.05) is 18.3 Å². The Morgan fingerprint density at radius 2 is 1.23 bits per heavy atom. The van der Waals surface area contributed by atoms with Gasteiger partial charge in [0.15, 0.2) is 0 Å². The lowest BCUT2D eigenvalue weighted by Gasteiger charge is -2.72. The van der Waals surface area contributed by atoms with Crippen molar-refractivity contribution in [1.82, 2.24) is 0 Å². The normalized spacial score (nSPS) is 37.3. The molecule has 0 radical (unpaired) electrons. The average Bonchev–Trinajstić information content (AvgIpc) is 3.44. The summed E-state index contributed by atoms with van der Waals surface area (Å²) in [5.41, 5.74) is -0.292. The van der Waals surface area contributed by atoms with E-state index in [1.165, 1.54) is 95.5 Å². The van der Waals surface area contributed by atoms with Crippen LogP contribution in [0.1, 0.15) is 222 Å². The van der Waals surface area contributed by atoms with E-state index in [1.807, 2.05) is 0 Å². The van der Waals surface area contributed by atoms with Crippen LogP contribution < -0.4 is 0 Å². The second-order valence-electron chi connectivity index (χ2n) is 21.0. The molecule has 0 saturated heterocycles. The zero-order valence-electron chi connectivity index (χ0n) is 36.0. The Bertz CT molecular complexity index is 1190. The number of aliphatic hydroxyl groups is 3. The number of carbonyl (C=O) groups is 1. The fourth-order valence-electron chi connectivity index (χ4n) is 13.8.